The van der Waals surface area contributed by atoms with Crippen LogP contribution in [0.2, 0.25) is 15.1 Å². The summed E-state index contributed by atoms with van der Waals surface area (Å²) in [5.74, 6) is -0.195. The molecule has 0 heterocycles. The monoisotopic (exact) mass is 548 g/mol. The van der Waals surface area contributed by atoms with Crippen molar-refractivity contribution < 1.29 is 14.3 Å². The molecule has 0 fully saturated rings. The predicted molar refractivity (Wildman–Crippen MR) is 129 cm³/mol. The number of nitrogens with zero attached hydrogens (tertiary/aromatic N) is 1. The van der Waals surface area contributed by atoms with Crippen molar-refractivity contribution in [3.05, 3.63) is 61.5 Å². The summed E-state index contributed by atoms with van der Waals surface area (Å²) in [5.41, 5.74) is 0.683. The third-order valence-corrected chi connectivity index (χ3v) is 5.91. The van der Waals surface area contributed by atoms with Gasteiger partial charge < -0.3 is 15.0 Å². The highest BCUT2D eigenvalue weighted by Crippen LogP contribution is 2.28. The van der Waals surface area contributed by atoms with E-state index in [0.29, 0.717) is 39.3 Å². The van der Waals surface area contributed by atoms with Gasteiger partial charge in [-0.2, -0.15) is 0 Å². The molecule has 0 aliphatic carbocycles. The normalized spacial score (nSPS) is 11.7. The van der Waals surface area contributed by atoms with Crippen LogP contribution >= 0.6 is 50.7 Å². The Kier molecular flexibility index (Phi) is 10.4. The molecule has 31 heavy (non-hydrogen) atoms. The minimum absolute atomic E-state index is 0.143. The molecule has 0 aliphatic heterocycles. The highest BCUT2D eigenvalue weighted by molar-refractivity contribution is 9.10. The van der Waals surface area contributed by atoms with E-state index in [1.54, 1.807) is 36.4 Å². The Bertz CT molecular complexity index is 927. The van der Waals surface area contributed by atoms with E-state index in [9.17, 15) is 9.59 Å². The lowest BCUT2D eigenvalue weighted by atomic mass is 10.1. The summed E-state index contributed by atoms with van der Waals surface area (Å²) in [6, 6.07) is 9.50. The minimum atomic E-state index is -0.671. The summed E-state index contributed by atoms with van der Waals surface area (Å²) in [6.45, 7) is 4.22. The van der Waals surface area contributed by atoms with Crippen molar-refractivity contribution >= 4 is 62.5 Å². The average molecular weight is 551 g/mol. The number of nitrogens with one attached hydrogen (secondary N) is 1. The van der Waals surface area contributed by atoms with Gasteiger partial charge in [0.1, 0.15) is 11.8 Å². The smallest absolute Gasteiger partial charge is 0.261 e. The first kappa shape index (κ1) is 25.8. The van der Waals surface area contributed by atoms with E-state index in [1.807, 2.05) is 13.8 Å². The number of amides is 2. The fraction of sp³-hybridized carbons (Fsp3) is 0.364. The molecule has 2 aromatic carbocycles. The fourth-order valence-corrected chi connectivity index (χ4v) is 4.13. The SMILES string of the molecule is CCCNC(=O)[C@@H](CC)N(Cc1ccc(Cl)cc1Cl)C(=O)COc1ccc(Br)cc1Cl. The number of halogens is 4. The van der Waals surface area contributed by atoms with Gasteiger partial charge in [-0.25, -0.2) is 0 Å². The molecule has 2 aromatic rings. The van der Waals surface area contributed by atoms with Gasteiger partial charge in [0.05, 0.1) is 5.02 Å². The molecular weight excluding hydrogens is 527 g/mol. The quantitative estimate of drug-likeness (QED) is 0.388. The largest absolute Gasteiger partial charge is 0.482 e. The van der Waals surface area contributed by atoms with Crippen LogP contribution in [0.4, 0.5) is 0 Å². The van der Waals surface area contributed by atoms with Gasteiger partial charge in [0.15, 0.2) is 6.61 Å². The minimum Gasteiger partial charge on any atom is -0.482 e. The van der Waals surface area contributed by atoms with Crippen LogP contribution in [0, 0.1) is 0 Å². The summed E-state index contributed by atoms with van der Waals surface area (Å²) < 4.78 is 6.45. The lowest BCUT2D eigenvalue weighted by Crippen LogP contribution is -2.50. The maximum absolute atomic E-state index is 13.2. The van der Waals surface area contributed by atoms with Crippen LogP contribution in [0.1, 0.15) is 32.3 Å². The zero-order chi connectivity index (χ0) is 23.0. The number of carbonyl (C=O) groups is 2. The molecule has 0 spiro atoms. The van der Waals surface area contributed by atoms with Crippen LogP contribution in [0.3, 0.4) is 0 Å². The molecule has 0 saturated carbocycles. The van der Waals surface area contributed by atoms with Crippen LogP contribution in [0.5, 0.6) is 5.75 Å². The lowest BCUT2D eigenvalue weighted by Gasteiger charge is -2.31. The Morgan fingerprint density at radius 2 is 1.84 bits per heavy atom. The molecule has 0 radical (unpaired) electrons. The van der Waals surface area contributed by atoms with Gasteiger partial charge in [-0.05, 0) is 48.7 Å². The van der Waals surface area contributed by atoms with E-state index < -0.39 is 6.04 Å². The van der Waals surface area contributed by atoms with Crippen molar-refractivity contribution in [2.24, 2.45) is 0 Å². The zero-order valence-electron chi connectivity index (χ0n) is 17.3. The summed E-state index contributed by atoms with van der Waals surface area (Å²) in [5, 5.41) is 4.16. The molecule has 0 saturated heterocycles. The molecule has 0 unspecified atom stereocenters. The van der Waals surface area contributed by atoms with Gasteiger partial charge >= 0.3 is 0 Å². The van der Waals surface area contributed by atoms with E-state index in [0.717, 1.165) is 10.9 Å². The van der Waals surface area contributed by atoms with Crippen molar-refractivity contribution in [2.45, 2.75) is 39.3 Å². The van der Waals surface area contributed by atoms with Gasteiger partial charge in [-0.15, -0.1) is 0 Å². The zero-order valence-corrected chi connectivity index (χ0v) is 21.1. The Hall–Kier alpha value is -1.47. The van der Waals surface area contributed by atoms with E-state index in [4.69, 9.17) is 39.5 Å². The van der Waals surface area contributed by atoms with Crippen LogP contribution < -0.4 is 10.1 Å². The number of carbonyl (C=O) groups excluding carboxylic acids is 2. The fourth-order valence-electron chi connectivity index (χ4n) is 2.93. The first-order chi connectivity index (χ1) is 14.8. The highest BCUT2D eigenvalue weighted by atomic mass is 79.9. The molecule has 168 valence electrons. The molecule has 0 aromatic heterocycles. The molecule has 1 atom stereocenters. The maximum atomic E-state index is 13.2. The standard InChI is InChI=1S/C22H24BrCl3N2O3/c1-3-9-27-22(30)19(4-2)28(12-14-5-7-16(24)11-17(14)25)21(29)13-31-20-8-6-15(23)10-18(20)26/h5-8,10-11,19H,3-4,9,12-13H2,1-2H3,(H,27,30)/t19-/m1/s1. The van der Waals surface area contributed by atoms with Crippen LogP contribution in [-0.2, 0) is 16.1 Å². The number of hydrogen-bond donors (Lipinski definition) is 1. The first-order valence-electron chi connectivity index (χ1n) is 9.85. The summed E-state index contributed by atoms with van der Waals surface area (Å²) in [4.78, 5) is 27.4. The van der Waals surface area contributed by atoms with Crippen molar-refractivity contribution in [3.63, 3.8) is 0 Å². The highest BCUT2D eigenvalue weighted by Gasteiger charge is 2.29. The average Bonchev–Trinajstić information content (AvgIpc) is 2.72. The molecule has 0 aliphatic rings. The summed E-state index contributed by atoms with van der Waals surface area (Å²) in [6.07, 6.45) is 1.23. The Morgan fingerprint density at radius 1 is 1.10 bits per heavy atom. The van der Waals surface area contributed by atoms with Gasteiger partial charge in [0, 0.05) is 27.6 Å². The second-order valence-electron chi connectivity index (χ2n) is 6.84. The van der Waals surface area contributed by atoms with Gasteiger partial charge in [0.2, 0.25) is 5.91 Å². The molecule has 1 N–H and O–H groups in total. The molecule has 0 bridgehead atoms. The molecule has 2 rings (SSSR count). The molecule has 5 nitrogen and oxygen atoms in total. The number of ether oxygens (including phenoxy) is 1. The molecule has 2 amide bonds. The van der Waals surface area contributed by atoms with Gasteiger partial charge in [-0.3, -0.25) is 9.59 Å². The van der Waals surface area contributed by atoms with E-state index in [2.05, 4.69) is 21.2 Å². The summed E-state index contributed by atoms with van der Waals surface area (Å²) >= 11 is 21.8. The molecule has 9 heteroatoms. The number of benzene rings is 2. The topological polar surface area (TPSA) is 58.6 Å². The summed E-state index contributed by atoms with van der Waals surface area (Å²) in [7, 11) is 0. The maximum Gasteiger partial charge on any atom is 0.261 e. The van der Waals surface area contributed by atoms with E-state index in [1.165, 1.54) is 4.90 Å². The second-order valence-corrected chi connectivity index (χ2v) is 9.00. The van der Waals surface area contributed by atoms with Crippen molar-refractivity contribution in [3.8, 4) is 5.75 Å². The third-order valence-electron chi connectivity index (χ3n) is 4.54. The Balaban J connectivity index is 2.25. The lowest BCUT2D eigenvalue weighted by molar-refractivity contribution is -0.143. The Labute approximate surface area is 206 Å². The predicted octanol–water partition coefficient (Wildman–Crippen LogP) is 6.12. The molecular formula is C22H24BrCl3N2O3. The van der Waals surface area contributed by atoms with Gasteiger partial charge in [-0.1, -0.05) is 70.6 Å². The van der Waals surface area contributed by atoms with E-state index in [-0.39, 0.29) is 25.0 Å². The van der Waals surface area contributed by atoms with E-state index >= 15 is 0 Å². The van der Waals surface area contributed by atoms with Crippen LogP contribution in [0.15, 0.2) is 40.9 Å². The number of rotatable bonds is 10. The van der Waals surface area contributed by atoms with Crippen molar-refractivity contribution in [2.75, 3.05) is 13.2 Å². The van der Waals surface area contributed by atoms with Crippen molar-refractivity contribution in [1.29, 1.82) is 0 Å². The first-order valence-corrected chi connectivity index (χ1v) is 11.8. The Morgan fingerprint density at radius 3 is 2.45 bits per heavy atom. The van der Waals surface area contributed by atoms with Gasteiger partial charge in [0.25, 0.3) is 5.91 Å². The third kappa shape index (κ3) is 7.56. The number of hydrogen-bond acceptors (Lipinski definition) is 3. The van der Waals surface area contributed by atoms with Crippen molar-refractivity contribution in [1.82, 2.24) is 10.2 Å². The second kappa shape index (κ2) is 12.5. The van der Waals surface area contributed by atoms with Crippen LogP contribution in [-0.4, -0.2) is 35.9 Å². The van der Waals surface area contributed by atoms with Crippen LogP contribution in [0.25, 0.3) is 0 Å².